The zero-order valence-electron chi connectivity index (χ0n) is 11.6. The van der Waals surface area contributed by atoms with Gasteiger partial charge in [-0.3, -0.25) is 4.79 Å². The number of hydrogen-bond donors (Lipinski definition) is 2. The molecule has 0 radical (unpaired) electrons. The molecule has 0 spiro atoms. The number of carbonyl (C=O) groups is 1. The van der Waals surface area contributed by atoms with Crippen molar-refractivity contribution in [2.75, 3.05) is 12.8 Å². The van der Waals surface area contributed by atoms with E-state index in [2.05, 4.69) is 5.32 Å². The van der Waals surface area contributed by atoms with Gasteiger partial charge in [-0.25, -0.2) is 8.42 Å². The van der Waals surface area contributed by atoms with Gasteiger partial charge >= 0.3 is 0 Å². The molecule has 2 rings (SSSR count). The topological polar surface area (TPSA) is 89.3 Å². The zero-order chi connectivity index (χ0) is 14.8. The summed E-state index contributed by atoms with van der Waals surface area (Å²) in [5, 5.41) is 3.00. The third-order valence-corrected chi connectivity index (χ3v) is 5.00. The van der Waals surface area contributed by atoms with Crippen molar-refractivity contribution in [1.82, 2.24) is 5.32 Å². The van der Waals surface area contributed by atoms with Crippen LogP contribution in [0.3, 0.4) is 0 Å². The lowest BCUT2D eigenvalue weighted by atomic mass is 9.97. The molecule has 1 saturated carbocycles. The molecule has 1 aliphatic carbocycles. The van der Waals surface area contributed by atoms with Crippen molar-refractivity contribution in [2.24, 2.45) is 5.73 Å². The van der Waals surface area contributed by atoms with Crippen LogP contribution >= 0.6 is 0 Å². The highest BCUT2D eigenvalue weighted by molar-refractivity contribution is 7.90. The molecule has 0 unspecified atom stereocenters. The Hall–Kier alpha value is -1.40. The maximum atomic E-state index is 12.2. The first-order chi connectivity index (χ1) is 9.36. The van der Waals surface area contributed by atoms with Crippen molar-refractivity contribution >= 4 is 15.7 Å². The van der Waals surface area contributed by atoms with Crippen molar-refractivity contribution in [3.63, 3.8) is 0 Å². The quantitative estimate of drug-likeness (QED) is 0.870. The fraction of sp³-hybridized carbons (Fsp3) is 0.500. The molecule has 0 heterocycles. The molecule has 0 aliphatic heterocycles. The van der Waals surface area contributed by atoms with E-state index in [1.165, 1.54) is 24.3 Å². The average Bonchev–Trinajstić information content (AvgIpc) is 2.87. The first kappa shape index (κ1) is 15.0. The van der Waals surface area contributed by atoms with E-state index in [1.807, 2.05) is 0 Å². The minimum Gasteiger partial charge on any atom is -0.345 e. The summed E-state index contributed by atoms with van der Waals surface area (Å²) in [4.78, 5) is 12.4. The second-order valence-electron chi connectivity index (χ2n) is 5.44. The van der Waals surface area contributed by atoms with Crippen LogP contribution < -0.4 is 11.1 Å². The van der Waals surface area contributed by atoms with E-state index in [0.717, 1.165) is 31.9 Å². The van der Waals surface area contributed by atoms with Gasteiger partial charge in [0, 0.05) is 18.4 Å². The number of nitrogens with one attached hydrogen (secondary N) is 1. The summed E-state index contributed by atoms with van der Waals surface area (Å²) in [7, 11) is -3.24. The molecular formula is C14H20N2O3S. The van der Waals surface area contributed by atoms with E-state index >= 15 is 0 Å². The van der Waals surface area contributed by atoms with Gasteiger partial charge in [-0.15, -0.1) is 0 Å². The second kappa shape index (κ2) is 5.54. The van der Waals surface area contributed by atoms with E-state index < -0.39 is 9.84 Å². The van der Waals surface area contributed by atoms with Crippen LogP contribution in [0, 0.1) is 0 Å². The Labute approximate surface area is 119 Å². The fourth-order valence-electron chi connectivity index (χ4n) is 2.60. The summed E-state index contributed by atoms with van der Waals surface area (Å²) in [6.45, 7) is 0.431. The van der Waals surface area contributed by atoms with Gasteiger partial charge in [-0.2, -0.15) is 0 Å². The van der Waals surface area contributed by atoms with Gasteiger partial charge in [0.25, 0.3) is 5.91 Å². The molecular weight excluding hydrogens is 276 g/mol. The van der Waals surface area contributed by atoms with Crippen LogP contribution in [-0.4, -0.2) is 32.7 Å². The van der Waals surface area contributed by atoms with E-state index in [0.29, 0.717) is 12.1 Å². The monoisotopic (exact) mass is 296 g/mol. The van der Waals surface area contributed by atoms with E-state index in [1.54, 1.807) is 0 Å². The van der Waals surface area contributed by atoms with Crippen LogP contribution in [0.1, 0.15) is 36.0 Å². The minimum absolute atomic E-state index is 0.197. The summed E-state index contributed by atoms with van der Waals surface area (Å²) in [5.41, 5.74) is 5.94. The van der Waals surface area contributed by atoms with Crippen molar-refractivity contribution in [3.05, 3.63) is 29.8 Å². The number of carbonyl (C=O) groups excluding carboxylic acids is 1. The van der Waals surface area contributed by atoms with Crippen molar-refractivity contribution in [2.45, 2.75) is 36.1 Å². The zero-order valence-corrected chi connectivity index (χ0v) is 12.4. The highest BCUT2D eigenvalue weighted by Crippen LogP contribution is 2.29. The van der Waals surface area contributed by atoms with Gasteiger partial charge < -0.3 is 11.1 Å². The Balaban J connectivity index is 2.14. The van der Waals surface area contributed by atoms with E-state index in [4.69, 9.17) is 5.73 Å². The number of sulfone groups is 1. The van der Waals surface area contributed by atoms with Crippen LogP contribution in [0.15, 0.2) is 29.2 Å². The molecule has 0 atom stereocenters. The predicted octanol–water partition coefficient (Wildman–Crippen LogP) is 1.09. The summed E-state index contributed by atoms with van der Waals surface area (Å²) >= 11 is 0. The summed E-state index contributed by atoms with van der Waals surface area (Å²) in [6.07, 6.45) is 5.09. The van der Waals surface area contributed by atoms with E-state index in [9.17, 15) is 13.2 Å². The Bertz CT molecular complexity index is 587. The van der Waals surface area contributed by atoms with Crippen molar-refractivity contribution in [3.8, 4) is 0 Å². The second-order valence-corrected chi connectivity index (χ2v) is 7.46. The van der Waals surface area contributed by atoms with Crippen LogP contribution in [0.25, 0.3) is 0 Å². The molecule has 0 bridgehead atoms. The lowest BCUT2D eigenvalue weighted by Gasteiger charge is -2.28. The standard InChI is InChI=1S/C14H20N2O3S/c1-20(18,19)12-6-4-11(5-7-12)13(17)16-14(10-15)8-2-3-9-14/h4-7H,2-3,8-10,15H2,1H3,(H,16,17). The molecule has 20 heavy (non-hydrogen) atoms. The Morgan fingerprint density at radius 2 is 1.80 bits per heavy atom. The first-order valence-electron chi connectivity index (χ1n) is 6.69. The van der Waals surface area contributed by atoms with Crippen LogP contribution in [-0.2, 0) is 9.84 Å². The maximum absolute atomic E-state index is 12.2. The number of nitrogens with two attached hydrogens (primary N) is 1. The van der Waals surface area contributed by atoms with Crippen LogP contribution in [0.4, 0.5) is 0 Å². The number of rotatable bonds is 4. The molecule has 1 aromatic rings. The van der Waals surface area contributed by atoms with Gasteiger partial charge in [0.2, 0.25) is 0 Å². The van der Waals surface area contributed by atoms with Crippen LogP contribution in [0.2, 0.25) is 0 Å². The molecule has 1 aliphatic rings. The minimum atomic E-state index is -3.24. The number of amides is 1. The summed E-state index contributed by atoms with van der Waals surface area (Å²) in [6, 6.07) is 5.97. The molecule has 0 saturated heterocycles. The van der Waals surface area contributed by atoms with Gasteiger partial charge in [0.05, 0.1) is 10.4 Å². The van der Waals surface area contributed by atoms with E-state index in [-0.39, 0.29) is 16.3 Å². The van der Waals surface area contributed by atoms with Gasteiger partial charge in [0.15, 0.2) is 9.84 Å². The lowest BCUT2D eigenvalue weighted by molar-refractivity contribution is 0.0903. The predicted molar refractivity (Wildman–Crippen MR) is 77.3 cm³/mol. The van der Waals surface area contributed by atoms with Gasteiger partial charge in [-0.05, 0) is 37.1 Å². The smallest absolute Gasteiger partial charge is 0.251 e. The Kier molecular flexibility index (Phi) is 4.15. The van der Waals surface area contributed by atoms with Crippen molar-refractivity contribution < 1.29 is 13.2 Å². The summed E-state index contributed by atoms with van der Waals surface area (Å²) < 4.78 is 22.7. The molecule has 5 nitrogen and oxygen atoms in total. The molecule has 110 valence electrons. The largest absolute Gasteiger partial charge is 0.345 e. The third kappa shape index (κ3) is 3.19. The maximum Gasteiger partial charge on any atom is 0.251 e. The molecule has 1 fully saturated rings. The highest BCUT2D eigenvalue weighted by Gasteiger charge is 2.34. The van der Waals surface area contributed by atoms with Gasteiger partial charge in [-0.1, -0.05) is 12.8 Å². The SMILES string of the molecule is CS(=O)(=O)c1ccc(C(=O)NC2(CN)CCCC2)cc1. The normalized spacial score (nSPS) is 17.9. The molecule has 0 aromatic heterocycles. The Morgan fingerprint density at radius 1 is 1.25 bits per heavy atom. The number of hydrogen-bond acceptors (Lipinski definition) is 4. The Morgan fingerprint density at radius 3 is 2.25 bits per heavy atom. The lowest BCUT2D eigenvalue weighted by Crippen LogP contribution is -2.51. The fourth-order valence-corrected chi connectivity index (χ4v) is 3.23. The molecule has 1 amide bonds. The molecule has 1 aromatic carbocycles. The first-order valence-corrected chi connectivity index (χ1v) is 8.58. The molecule has 6 heteroatoms. The number of benzene rings is 1. The highest BCUT2D eigenvalue weighted by atomic mass is 32.2. The average molecular weight is 296 g/mol. The van der Waals surface area contributed by atoms with Crippen molar-refractivity contribution in [1.29, 1.82) is 0 Å². The van der Waals surface area contributed by atoms with Crippen LogP contribution in [0.5, 0.6) is 0 Å². The summed E-state index contributed by atoms with van der Waals surface area (Å²) in [5.74, 6) is -0.197. The van der Waals surface area contributed by atoms with Gasteiger partial charge in [0.1, 0.15) is 0 Å². The molecule has 3 N–H and O–H groups in total. The third-order valence-electron chi connectivity index (χ3n) is 3.87.